The Kier molecular flexibility index (Phi) is 4.62. The molecule has 0 aliphatic heterocycles. The molecule has 5 aromatic rings. The van der Waals surface area contributed by atoms with Crippen molar-refractivity contribution in [2.45, 2.75) is 0 Å². The molecule has 0 bridgehead atoms. The van der Waals surface area contributed by atoms with Crippen LogP contribution in [0.5, 0.6) is 11.5 Å². The number of hydrogen-bond acceptors (Lipinski definition) is 5. The summed E-state index contributed by atoms with van der Waals surface area (Å²) in [7, 11) is 0. The molecule has 6 heteroatoms. The molecule has 2 N–H and O–H groups in total. The van der Waals surface area contributed by atoms with Crippen molar-refractivity contribution in [2.75, 3.05) is 0 Å². The molecule has 0 radical (unpaired) electrons. The number of rotatable bonds is 3. The van der Waals surface area contributed by atoms with Crippen molar-refractivity contribution in [3.63, 3.8) is 0 Å². The Morgan fingerprint density at radius 2 is 1.73 bits per heavy atom. The van der Waals surface area contributed by atoms with Crippen LogP contribution in [0.15, 0.2) is 77.8 Å². The summed E-state index contributed by atoms with van der Waals surface area (Å²) in [6.07, 6.45) is 1.57. The van der Waals surface area contributed by atoms with E-state index in [1.165, 1.54) is 17.4 Å². The van der Waals surface area contributed by atoms with E-state index in [0.29, 0.717) is 21.8 Å². The van der Waals surface area contributed by atoms with E-state index in [1.807, 2.05) is 54.6 Å². The lowest BCUT2D eigenvalue weighted by molar-refractivity contribution is 0.476. The van der Waals surface area contributed by atoms with E-state index in [0.717, 1.165) is 26.0 Å². The van der Waals surface area contributed by atoms with Crippen LogP contribution in [0, 0.1) is 0 Å². The Morgan fingerprint density at radius 3 is 2.57 bits per heavy atom. The lowest BCUT2D eigenvalue weighted by atomic mass is 10.00. The molecule has 0 fully saturated rings. The molecule has 0 saturated heterocycles. The number of para-hydroxylation sites is 1. The highest BCUT2D eigenvalue weighted by atomic mass is 35.5. The van der Waals surface area contributed by atoms with Gasteiger partial charge in [0.05, 0.1) is 15.8 Å². The molecule has 0 aliphatic rings. The van der Waals surface area contributed by atoms with Crippen LogP contribution in [0.4, 0.5) is 5.69 Å². The second-order valence-electron chi connectivity index (χ2n) is 6.79. The van der Waals surface area contributed by atoms with E-state index in [9.17, 15) is 10.2 Å². The van der Waals surface area contributed by atoms with Gasteiger partial charge in [0.1, 0.15) is 22.2 Å². The fraction of sp³-hybridized carbons (Fsp3) is 0. The third-order valence-electron chi connectivity index (χ3n) is 4.86. The third kappa shape index (κ3) is 3.28. The molecule has 0 atom stereocenters. The quantitative estimate of drug-likeness (QED) is 0.305. The molecule has 5 rings (SSSR count). The summed E-state index contributed by atoms with van der Waals surface area (Å²) in [6, 6.07) is 22.3. The van der Waals surface area contributed by atoms with Crippen molar-refractivity contribution in [3.8, 4) is 22.1 Å². The minimum absolute atomic E-state index is 0.0233. The van der Waals surface area contributed by atoms with Crippen molar-refractivity contribution >= 4 is 55.8 Å². The van der Waals surface area contributed by atoms with Gasteiger partial charge in [-0.2, -0.15) is 0 Å². The maximum Gasteiger partial charge on any atom is 0.142 e. The maximum atomic E-state index is 11.1. The van der Waals surface area contributed by atoms with Gasteiger partial charge in [-0.3, -0.25) is 4.99 Å². The van der Waals surface area contributed by atoms with Crippen LogP contribution in [0.3, 0.4) is 0 Å². The molecular formula is C24H15ClN2O2S. The van der Waals surface area contributed by atoms with Crippen LogP contribution in [0.25, 0.3) is 31.6 Å². The normalized spacial score (nSPS) is 11.6. The van der Waals surface area contributed by atoms with Gasteiger partial charge < -0.3 is 10.2 Å². The SMILES string of the molecule is Oc1cc(Cl)ccc1N=Cc1c(O)c(-c2nc3ccccc3s2)cc2ccccc12. The minimum atomic E-state index is -0.0233. The number of nitrogens with zero attached hydrogens (tertiary/aromatic N) is 2. The van der Waals surface area contributed by atoms with Gasteiger partial charge in [-0.1, -0.05) is 48.0 Å². The highest BCUT2D eigenvalue weighted by molar-refractivity contribution is 7.21. The van der Waals surface area contributed by atoms with E-state index in [2.05, 4.69) is 4.99 Å². The van der Waals surface area contributed by atoms with Crippen LogP contribution in [-0.4, -0.2) is 21.4 Å². The van der Waals surface area contributed by atoms with Gasteiger partial charge in [0.25, 0.3) is 0 Å². The largest absolute Gasteiger partial charge is 0.507 e. The topological polar surface area (TPSA) is 65.7 Å². The molecule has 0 saturated carbocycles. The van der Waals surface area contributed by atoms with Crippen molar-refractivity contribution in [1.82, 2.24) is 4.98 Å². The summed E-state index contributed by atoms with van der Waals surface area (Å²) in [6.45, 7) is 0. The van der Waals surface area contributed by atoms with Crippen molar-refractivity contribution < 1.29 is 10.2 Å². The number of phenols is 2. The summed E-state index contributed by atoms with van der Waals surface area (Å²) in [5.41, 5.74) is 2.48. The Labute approximate surface area is 181 Å². The van der Waals surface area contributed by atoms with Gasteiger partial charge in [-0.25, -0.2) is 4.98 Å². The number of hydrogen-bond donors (Lipinski definition) is 2. The second kappa shape index (κ2) is 7.44. The zero-order valence-electron chi connectivity index (χ0n) is 15.6. The van der Waals surface area contributed by atoms with Gasteiger partial charge in [-0.05, 0) is 41.1 Å². The zero-order valence-corrected chi connectivity index (χ0v) is 17.2. The molecule has 0 aliphatic carbocycles. The number of phenolic OH excluding ortho intramolecular Hbond substituents is 2. The second-order valence-corrected chi connectivity index (χ2v) is 8.25. The number of aromatic nitrogens is 1. The monoisotopic (exact) mass is 430 g/mol. The summed E-state index contributed by atoms with van der Waals surface area (Å²) >= 11 is 7.43. The molecule has 4 nitrogen and oxygen atoms in total. The van der Waals surface area contributed by atoms with Crippen molar-refractivity contribution in [3.05, 3.63) is 83.4 Å². The predicted molar refractivity (Wildman–Crippen MR) is 125 cm³/mol. The highest BCUT2D eigenvalue weighted by Gasteiger charge is 2.16. The number of aromatic hydroxyl groups is 2. The fourth-order valence-corrected chi connectivity index (χ4v) is 4.53. The summed E-state index contributed by atoms with van der Waals surface area (Å²) in [5, 5.41) is 24.2. The first kappa shape index (κ1) is 18.6. The zero-order chi connectivity index (χ0) is 20.7. The van der Waals surface area contributed by atoms with Crippen molar-refractivity contribution in [1.29, 1.82) is 0 Å². The first-order valence-corrected chi connectivity index (χ1v) is 10.4. The first-order chi connectivity index (χ1) is 14.6. The predicted octanol–water partition coefficient (Wildman–Crippen LogP) is 6.93. The Balaban J connectivity index is 1.70. The standard InChI is InChI=1S/C24H15ClN2O2S/c25-15-9-10-19(21(28)12-15)26-13-18-16-6-2-1-5-14(16)11-17(23(18)29)24-27-20-7-3-4-8-22(20)30-24/h1-13,28-29H. The lowest BCUT2D eigenvalue weighted by Crippen LogP contribution is -1.90. The molecular weight excluding hydrogens is 416 g/mol. The molecule has 0 amide bonds. The molecule has 1 aromatic heterocycles. The smallest absolute Gasteiger partial charge is 0.142 e. The average Bonchev–Trinajstić information content (AvgIpc) is 3.18. The van der Waals surface area contributed by atoms with Gasteiger partial charge in [0.2, 0.25) is 0 Å². The van der Waals surface area contributed by atoms with Gasteiger partial charge in [-0.15, -0.1) is 11.3 Å². The lowest BCUT2D eigenvalue weighted by Gasteiger charge is -2.10. The Bertz CT molecular complexity index is 1410. The van der Waals surface area contributed by atoms with Gasteiger partial charge in [0.15, 0.2) is 0 Å². The van der Waals surface area contributed by atoms with Crippen LogP contribution in [-0.2, 0) is 0 Å². The highest BCUT2D eigenvalue weighted by Crippen LogP contribution is 2.40. The number of aliphatic imine (C=N–C) groups is 1. The van der Waals surface area contributed by atoms with Crippen molar-refractivity contribution in [2.24, 2.45) is 4.99 Å². The number of benzene rings is 4. The fourth-order valence-electron chi connectivity index (χ4n) is 3.39. The molecule has 1 heterocycles. The van der Waals surface area contributed by atoms with E-state index in [-0.39, 0.29) is 11.5 Å². The summed E-state index contributed by atoms with van der Waals surface area (Å²) in [5.74, 6) is 0.0785. The number of halogens is 1. The van der Waals surface area contributed by atoms with Gasteiger partial charge in [0, 0.05) is 22.9 Å². The van der Waals surface area contributed by atoms with Crippen LogP contribution in [0.1, 0.15) is 5.56 Å². The van der Waals surface area contributed by atoms with Crippen LogP contribution in [0.2, 0.25) is 5.02 Å². The van der Waals surface area contributed by atoms with E-state index in [4.69, 9.17) is 16.6 Å². The molecule has 146 valence electrons. The van der Waals surface area contributed by atoms with Crippen LogP contribution >= 0.6 is 22.9 Å². The van der Waals surface area contributed by atoms with Crippen LogP contribution < -0.4 is 0 Å². The maximum absolute atomic E-state index is 11.1. The average molecular weight is 431 g/mol. The number of thiazole rings is 1. The number of fused-ring (bicyclic) bond motifs is 2. The molecule has 0 spiro atoms. The van der Waals surface area contributed by atoms with Gasteiger partial charge >= 0.3 is 0 Å². The van der Waals surface area contributed by atoms with E-state index < -0.39 is 0 Å². The third-order valence-corrected chi connectivity index (χ3v) is 6.16. The summed E-state index contributed by atoms with van der Waals surface area (Å²) < 4.78 is 1.06. The van der Waals surface area contributed by atoms with E-state index in [1.54, 1.807) is 18.3 Å². The molecule has 4 aromatic carbocycles. The molecule has 0 unspecified atom stereocenters. The Morgan fingerprint density at radius 1 is 0.933 bits per heavy atom. The Hall–Kier alpha value is -3.41. The summed E-state index contributed by atoms with van der Waals surface area (Å²) in [4.78, 5) is 9.09. The molecule has 30 heavy (non-hydrogen) atoms. The first-order valence-electron chi connectivity index (χ1n) is 9.23. The van der Waals surface area contributed by atoms with E-state index >= 15 is 0 Å². The minimum Gasteiger partial charge on any atom is -0.507 e.